The summed E-state index contributed by atoms with van der Waals surface area (Å²) >= 11 is 0. The summed E-state index contributed by atoms with van der Waals surface area (Å²) in [6.07, 6.45) is -4.62. The zero-order valence-electron chi connectivity index (χ0n) is 6.88. The summed E-state index contributed by atoms with van der Waals surface area (Å²) < 4.78 is 51.0. The van der Waals surface area contributed by atoms with E-state index in [2.05, 4.69) is 9.72 Å². The minimum Gasteiger partial charge on any atom is -0.476 e. The van der Waals surface area contributed by atoms with Crippen LogP contribution in [0.15, 0.2) is 12.3 Å². The molecule has 0 bridgehead atoms. The van der Waals surface area contributed by atoms with Crippen LogP contribution >= 0.6 is 0 Å². The third-order valence-corrected chi connectivity index (χ3v) is 1.25. The third-order valence-electron chi connectivity index (χ3n) is 1.25. The van der Waals surface area contributed by atoms with Crippen molar-refractivity contribution < 1.29 is 32.2 Å². The second-order valence-corrected chi connectivity index (χ2v) is 2.35. The first-order valence-electron chi connectivity index (χ1n) is 3.44. The Kier molecular flexibility index (Phi) is 2.78. The molecule has 8 heteroatoms. The van der Waals surface area contributed by atoms with Gasteiger partial charge in [0, 0.05) is 6.07 Å². The lowest BCUT2D eigenvalue weighted by Crippen LogP contribution is -2.19. The molecule has 0 aliphatic rings. The van der Waals surface area contributed by atoms with Crippen LogP contribution < -0.4 is 4.74 Å². The second-order valence-electron chi connectivity index (χ2n) is 2.35. The van der Waals surface area contributed by atoms with Gasteiger partial charge in [0.25, 0.3) is 0 Å². The van der Waals surface area contributed by atoms with Crippen molar-refractivity contribution in [3.8, 4) is 5.75 Å². The predicted molar refractivity (Wildman–Crippen MR) is 37.8 cm³/mol. The van der Waals surface area contributed by atoms with E-state index in [4.69, 9.17) is 5.11 Å². The van der Waals surface area contributed by atoms with Gasteiger partial charge < -0.3 is 9.84 Å². The Morgan fingerprint density at radius 1 is 1.47 bits per heavy atom. The van der Waals surface area contributed by atoms with Crippen LogP contribution in [0.4, 0.5) is 17.6 Å². The molecule has 0 aliphatic heterocycles. The largest absolute Gasteiger partial charge is 0.573 e. The molecule has 0 radical (unpaired) electrons. The van der Waals surface area contributed by atoms with Crippen molar-refractivity contribution in [1.82, 2.24) is 4.98 Å². The van der Waals surface area contributed by atoms with E-state index in [0.717, 1.165) is 0 Å². The van der Waals surface area contributed by atoms with Gasteiger partial charge in [0.05, 0.1) is 6.20 Å². The molecule has 0 unspecified atom stereocenters. The van der Waals surface area contributed by atoms with Crippen molar-refractivity contribution >= 4 is 5.97 Å². The normalized spacial score (nSPS) is 11.2. The molecular formula is C7H3F4NO3. The van der Waals surface area contributed by atoms with Crippen molar-refractivity contribution in [2.24, 2.45) is 0 Å². The number of rotatable bonds is 2. The highest BCUT2D eigenvalue weighted by molar-refractivity contribution is 5.88. The van der Waals surface area contributed by atoms with Gasteiger partial charge in [-0.25, -0.2) is 14.2 Å². The first-order chi connectivity index (χ1) is 6.79. The average molecular weight is 225 g/mol. The molecule has 1 aromatic heterocycles. The number of alkyl halides is 3. The molecule has 0 atom stereocenters. The molecule has 1 N–H and O–H groups in total. The molecule has 0 aliphatic carbocycles. The fraction of sp³-hybridized carbons (Fsp3) is 0.143. The Bertz CT molecular complexity index is 390. The Morgan fingerprint density at radius 2 is 2.07 bits per heavy atom. The van der Waals surface area contributed by atoms with Crippen LogP contribution in [-0.4, -0.2) is 22.4 Å². The Labute approximate surface area is 80.1 Å². The summed E-state index contributed by atoms with van der Waals surface area (Å²) in [5.41, 5.74) is -1.01. The van der Waals surface area contributed by atoms with Crippen LogP contribution in [0.5, 0.6) is 5.75 Å². The Hall–Kier alpha value is -1.86. The lowest BCUT2D eigenvalue weighted by atomic mass is 10.3. The number of hydrogen-bond acceptors (Lipinski definition) is 3. The molecule has 1 rings (SSSR count). The van der Waals surface area contributed by atoms with Crippen LogP contribution in [0.1, 0.15) is 10.5 Å². The lowest BCUT2D eigenvalue weighted by molar-refractivity contribution is -0.274. The number of halogens is 4. The van der Waals surface area contributed by atoms with Crippen molar-refractivity contribution in [3.63, 3.8) is 0 Å². The first-order valence-corrected chi connectivity index (χ1v) is 3.44. The maximum absolute atomic E-state index is 12.5. The maximum atomic E-state index is 12.5. The summed E-state index contributed by atoms with van der Waals surface area (Å²) in [6.45, 7) is 0. The van der Waals surface area contributed by atoms with E-state index in [1.54, 1.807) is 0 Å². The molecule has 0 fully saturated rings. The Balaban J connectivity index is 3.13. The van der Waals surface area contributed by atoms with Gasteiger partial charge >= 0.3 is 12.3 Å². The second kappa shape index (κ2) is 3.71. The molecule has 0 saturated carbocycles. The van der Waals surface area contributed by atoms with E-state index < -0.39 is 29.6 Å². The number of carboxylic acids is 1. The van der Waals surface area contributed by atoms with Crippen LogP contribution in [0.25, 0.3) is 0 Å². The predicted octanol–water partition coefficient (Wildman–Crippen LogP) is 1.82. The quantitative estimate of drug-likeness (QED) is 0.780. The van der Waals surface area contributed by atoms with Gasteiger partial charge in [-0.15, -0.1) is 13.2 Å². The monoisotopic (exact) mass is 225 g/mol. The summed E-state index contributed by atoms with van der Waals surface area (Å²) in [7, 11) is 0. The topological polar surface area (TPSA) is 59.4 Å². The highest BCUT2D eigenvalue weighted by Gasteiger charge is 2.33. The molecule has 1 aromatic rings. The van der Waals surface area contributed by atoms with Gasteiger partial charge in [-0.3, -0.25) is 0 Å². The SMILES string of the molecule is O=C(O)c1ncc(F)cc1OC(F)(F)F. The third kappa shape index (κ3) is 3.08. The standard InChI is InChI=1S/C7H3F4NO3/c8-3-1-4(15-7(9,10)11)5(6(13)14)12-2-3/h1-2H,(H,13,14). The first kappa shape index (κ1) is 11.2. The summed E-state index contributed by atoms with van der Waals surface area (Å²) in [5, 5.41) is 8.42. The van der Waals surface area contributed by atoms with E-state index >= 15 is 0 Å². The minimum atomic E-state index is -5.10. The fourth-order valence-corrected chi connectivity index (χ4v) is 0.784. The smallest absolute Gasteiger partial charge is 0.476 e. The molecule has 0 amide bonds. The molecule has 0 saturated heterocycles. The molecule has 0 spiro atoms. The van der Waals surface area contributed by atoms with Crippen LogP contribution in [0.3, 0.4) is 0 Å². The van der Waals surface area contributed by atoms with Gasteiger partial charge in [0.1, 0.15) is 5.82 Å². The zero-order chi connectivity index (χ0) is 11.6. The number of carboxylic acid groups (broad SMARTS) is 1. The van der Waals surface area contributed by atoms with Gasteiger partial charge in [-0.2, -0.15) is 0 Å². The highest BCUT2D eigenvalue weighted by atomic mass is 19.4. The van der Waals surface area contributed by atoms with Gasteiger partial charge in [0.2, 0.25) is 0 Å². The van der Waals surface area contributed by atoms with E-state index in [1.807, 2.05) is 0 Å². The van der Waals surface area contributed by atoms with Crippen LogP contribution in [0.2, 0.25) is 0 Å². The van der Waals surface area contributed by atoms with Crippen LogP contribution in [0, 0.1) is 5.82 Å². The summed E-state index contributed by atoms with van der Waals surface area (Å²) in [5.74, 6) is -4.05. The van der Waals surface area contributed by atoms with E-state index in [0.29, 0.717) is 12.3 Å². The van der Waals surface area contributed by atoms with Crippen molar-refractivity contribution in [2.75, 3.05) is 0 Å². The lowest BCUT2D eigenvalue weighted by Gasteiger charge is -2.10. The number of nitrogens with zero attached hydrogens (tertiary/aromatic N) is 1. The number of aromatic carboxylic acids is 1. The number of pyridine rings is 1. The van der Waals surface area contributed by atoms with Crippen LogP contribution in [-0.2, 0) is 0 Å². The highest BCUT2D eigenvalue weighted by Crippen LogP contribution is 2.25. The molecular weight excluding hydrogens is 222 g/mol. The zero-order valence-corrected chi connectivity index (χ0v) is 6.88. The molecule has 82 valence electrons. The number of ether oxygens (including phenoxy) is 1. The molecule has 4 nitrogen and oxygen atoms in total. The fourth-order valence-electron chi connectivity index (χ4n) is 0.784. The minimum absolute atomic E-state index is 0.296. The maximum Gasteiger partial charge on any atom is 0.573 e. The van der Waals surface area contributed by atoms with E-state index in [1.165, 1.54) is 0 Å². The van der Waals surface area contributed by atoms with Crippen molar-refractivity contribution in [1.29, 1.82) is 0 Å². The van der Waals surface area contributed by atoms with E-state index in [-0.39, 0.29) is 0 Å². The van der Waals surface area contributed by atoms with Crippen molar-refractivity contribution in [3.05, 3.63) is 23.8 Å². The van der Waals surface area contributed by atoms with Gasteiger partial charge in [0.15, 0.2) is 11.4 Å². The van der Waals surface area contributed by atoms with Gasteiger partial charge in [-0.1, -0.05) is 0 Å². The van der Waals surface area contributed by atoms with Gasteiger partial charge in [-0.05, 0) is 0 Å². The Morgan fingerprint density at radius 3 is 2.53 bits per heavy atom. The summed E-state index contributed by atoms with van der Waals surface area (Å²) in [6, 6.07) is 0.296. The summed E-state index contributed by atoms with van der Waals surface area (Å²) in [4.78, 5) is 13.3. The number of carbonyl (C=O) groups is 1. The molecule has 15 heavy (non-hydrogen) atoms. The molecule has 0 aromatic carbocycles. The number of aromatic nitrogens is 1. The molecule has 1 heterocycles. The van der Waals surface area contributed by atoms with E-state index in [9.17, 15) is 22.4 Å². The number of hydrogen-bond donors (Lipinski definition) is 1. The van der Waals surface area contributed by atoms with Crippen molar-refractivity contribution in [2.45, 2.75) is 6.36 Å². The average Bonchev–Trinajstić information content (AvgIpc) is 1.99.